The summed E-state index contributed by atoms with van der Waals surface area (Å²) in [4.78, 5) is 16.4. The zero-order valence-electron chi connectivity index (χ0n) is 19.7. The second-order valence-corrected chi connectivity index (χ2v) is 9.29. The largest absolute Gasteiger partial charge is 0.339 e. The molecule has 0 radical (unpaired) electrons. The van der Waals surface area contributed by atoms with Gasteiger partial charge in [0.25, 0.3) is 0 Å². The first kappa shape index (κ1) is 21.4. The Morgan fingerprint density at radius 2 is 1.23 bits per heavy atom. The van der Waals surface area contributed by atoms with E-state index in [1.54, 1.807) is 0 Å². The lowest BCUT2D eigenvalue weighted by Crippen LogP contribution is -2.35. The lowest BCUT2D eigenvalue weighted by molar-refractivity contribution is -0.132. The van der Waals surface area contributed by atoms with Crippen LogP contribution in [0, 0.1) is 0 Å². The Bertz CT molecular complexity index is 1460. The van der Waals surface area contributed by atoms with E-state index in [0.29, 0.717) is 13.1 Å². The summed E-state index contributed by atoms with van der Waals surface area (Å²) in [5.41, 5.74) is 7.09. The zero-order chi connectivity index (χ0) is 23.6. The standard InChI is InChI=1S/C32H28N2O/c35-32-30(26-16-8-3-9-17-26)31-28(20-21-33(32)22-24-12-4-1-5-13-24)27-18-10-11-19-29(27)34(31)23-25-14-6-2-7-15-25/h1-19,30H,20-23H2. The molecule has 35 heavy (non-hydrogen) atoms. The van der Waals surface area contributed by atoms with Crippen molar-refractivity contribution in [3.63, 3.8) is 0 Å². The zero-order valence-corrected chi connectivity index (χ0v) is 19.7. The lowest BCUT2D eigenvalue weighted by atomic mass is 9.91. The normalized spacial score (nSPS) is 15.7. The van der Waals surface area contributed by atoms with Crippen molar-refractivity contribution in [1.82, 2.24) is 9.47 Å². The number of amides is 1. The van der Waals surface area contributed by atoms with Crippen LogP contribution >= 0.6 is 0 Å². The molecule has 1 aliphatic rings. The Morgan fingerprint density at radius 3 is 1.91 bits per heavy atom. The Kier molecular flexibility index (Phi) is 5.67. The molecule has 1 aliphatic heterocycles. The van der Waals surface area contributed by atoms with Gasteiger partial charge < -0.3 is 9.47 Å². The van der Waals surface area contributed by atoms with Gasteiger partial charge in [0.2, 0.25) is 5.91 Å². The molecule has 2 heterocycles. The van der Waals surface area contributed by atoms with E-state index in [9.17, 15) is 4.79 Å². The van der Waals surface area contributed by atoms with Gasteiger partial charge in [-0.05, 0) is 34.7 Å². The Hall–Kier alpha value is -4.11. The molecule has 1 atom stereocenters. The molecule has 0 fully saturated rings. The Morgan fingerprint density at radius 1 is 0.657 bits per heavy atom. The van der Waals surface area contributed by atoms with Crippen molar-refractivity contribution in [3.8, 4) is 0 Å². The maximum absolute atomic E-state index is 14.3. The van der Waals surface area contributed by atoms with Crippen LogP contribution in [-0.4, -0.2) is 21.9 Å². The molecule has 0 bridgehead atoms. The van der Waals surface area contributed by atoms with Crippen molar-refractivity contribution >= 4 is 16.8 Å². The predicted molar refractivity (Wildman–Crippen MR) is 141 cm³/mol. The van der Waals surface area contributed by atoms with E-state index in [1.807, 2.05) is 36.4 Å². The van der Waals surface area contributed by atoms with E-state index in [0.717, 1.165) is 29.8 Å². The highest BCUT2D eigenvalue weighted by Gasteiger charge is 2.36. The number of benzene rings is 4. The van der Waals surface area contributed by atoms with Crippen molar-refractivity contribution in [2.45, 2.75) is 25.4 Å². The van der Waals surface area contributed by atoms with Crippen molar-refractivity contribution in [3.05, 3.63) is 143 Å². The smallest absolute Gasteiger partial charge is 0.236 e. The van der Waals surface area contributed by atoms with E-state index in [1.165, 1.54) is 22.0 Å². The van der Waals surface area contributed by atoms with Gasteiger partial charge in [-0.25, -0.2) is 0 Å². The molecule has 4 aromatic carbocycles. The third kappa shape index (κ3) is 4.04. The predicted octanol–water partition coefficient (Wildman–Crippen LogP) is 6.41. The Balaban J connectivity index is 1.53. The highest BCUT2D eigenvalue weighted by molar-refractivity contribution is 5.93. The summed E-state index contributed by atoms with van der Waals surface area (Å²) in [7, 11) is 0. The number of carbonyl (C=O) groups is 1. The quantitative estimate of drug-likeness (QED) is 0.300. The number of carbonyl (C=O) groups excluding carboxylic acids is 1. The van der Waals surface area contributed by atoms with Crippen molar-refractivity contribution in [2.75, 3.05) is 6.54 Å². The average molecular weight is 457 g/mol. The second-order valence-electron chi connectivity index (χ2n) is 9.29. The number of hydrogen-bond acceptors (Lipinski definition) is 1. The number of hydrogen-bond donors (Lipinski definition) is 0. The van der Waals surface area contributed by atoms with Crippen molar-refractivity contribution < 1.29 is 4.79 Å². The van der Waals surface area contributed by atoms with Crippen LogP contribution in [0.2, 0.25) is 0 Å². The van der Waals surface area contributed by atoms with E-state index in [4.69, 9.17) is 0 Å². The van der Waals surface area contributed by atoms with Crippen LogP contribution in [0.4, 0.5) is 0 Å². The molecular formula is C32H28N2O. The molecule has 172 valence electrons. The highest BCUT2D eigenvalue weighted by Crippen LogP contribution is 2.39. The fourth-order valence-corrected chi connectivity index (χ4v) is 5.49. The molecule has 0 saturated carbocycles. The number of fused-ring (bicyclic) bond motifs is 3. The van der Waals surface area contributed by atoms with Gasteiger partial charge in [0.1, 0.15) is 5.92 Å². The van der Waals surface area contributed by atoms with Crippen LogP contribution in [0.1, 0.15) is 33.9 Å². The molecule has 0 N–H and O–H groups in total. The topological polar surface area (TPSA) is 25.2 Å². The molecule has 0 spiro atoms. The molecule has 1 aromatic heterocycles. The van der Waals surface area contributed by atoms with Gasteiger partial charge >= 0.3 is 0 Å². The fraction of sp³-hybridized carbons (Fsp3) is 0.156. The molecular weight excluding hydrogens is 428 g/mol. The molecule has 0 aliphatic carbocycles. The van der Waals surface area contributed by atoms with Crippen LogP contribution in [0.25, 0.3) is 10.9 Å². The molecule has 6 rings (SSSR count). The minimum atomic E-state index is -0.339. The highest BCUT2D eigenvalue weighted by atomic mass is 16.2. The first-order valence-corrected chi connectivity index (χ1v) is 12.3. The SMILES string of the molecule is O=C1C(c2ccccc2)c2c(c3ccccc3n2Cc2ccccc2)CCN1Cc1ccccc1. The van der Waals surface area contributed by atoms with Crippen molar-refractivity contribution in [2.24, 2.45) is 0 Å². The number of rotatable bonds is 5. The summed E-state index contributed by atoms with van der Waals surface area (Å²) in [5.74, 6) is -0.163. The third-order valence-corrected chi connectivity index (χ3v) is 7.12. The maximum atomic E-state index is 14.3. The molecule has 5 aromatic rings. The van der Waals surface area contributed by atoms with Gasteiger partial charge in [-0.15, -0.1) is 0 Å². The molecule has 3 heteroatoms. The summed E-state index contributed by atoms with van der Waals surface area (Å²) in [6.45, 7) is 2.08. The van der Waals surface area contributed by atoms with Gasteiger partial charge in [0.05, 0.1) is 0 Å². The summed E-state index contributed by atoms with van der Waals surface area (Å²) in [6, 6.07) is 39.8. The van der Waals surface area contributed by atoms with Crippen molar-refractivity contribution in [1.29, 1.82) is 0 Å². The van der Waals surface area contributed by atoms with E-state index < -0.39 is 0 Å². The monoisotopic (exact) mass is 456 g/mol. The maximum Gasteiger partial charge on any atom is 0.236 e. The molecule has 3 nitrogen and oxygen atoms in total. The minimum absolute atomic E-state index is 0.177. The van der Waals surface area contributed by atoms with E-state index in [-0.39, 0.29) is 11.8 Å². The van der Waals surface area contributed by atoms with Gasteiger partial charge in [-0.2, -0.15) is 0 Å². The molecule has 1 amide bonds. The third-order valence-electron chi connectivity index (χ3n) is 7.12. The van der Waals surface area contributed by atoms with Crippen LogP contribution in [0.15, 0.2) is 115 Å². The van der Waals surface area contributed by atoms with Gasteiger partial charge in [0, 0.05) is 36.2 Å². The first-order chi connectivity index (χ1) is 17.3. The molecule has 0 saturated heterocycles. The number of aromatic nitrogens is 1. The van der Waals surface area contributed by atoms with Gasteiger partial charge in [-0.1, -0.05) is 109 Å². The summed E-state index contributed by atoms with van der Waals surface area (Å²) in [5, 5.41) is 1.26. The number of para-hydroxylation sites is 1. The van der Waals surface area contributed by atoms with Crippen LogP contribution in [-0.2, 0) is 24.3 Å². The van der Waals surface area contributed by atoms with Gasteiger partial charge in [-0.3, -0.25) is 4.79 Å². The molecule has 1 unspecified atom stereocenters. The number of nitrogens with zero attached hydrogens (tertiary/aromatic N) is 2. The summed E-state index contributed by atoms with van der Waals surface area (Å²) >= 11 is 0. The summed E-state index contributed by atoms with van der Waals surface area (Å²) in [6.07, 6.45) is 0.847. The van der Waals surface area contributed by atoms with E-state index >= 15 is 0 Å². The van der Waals surface area contributed by atoms with Crippen LogP contribution in [0.5, 0.6) is 0 Å². The fourth-order valence-electron chi connectivity index (χ4n) is 5.49. The second kappa shape index (κ2) is 9.27. The first-order valence-electron chi connectivity index (χ1n) is 12.3. The average Bonchev–Trinajstić information content (AvgIpc) is 3.13. The minimum Gasteiger partial charge on any atom is -0.339 e. The summed E-state index contributed by atoms with van der Waals surface area (Å²) < 4.78 is 2.39. The lowest BCUT2D eigenvalue weighted by Gasteiger charge is -2.26. The van der Waals surface area contributed by atoms with Crippen LogP contribution in [0.3, 0.4) is 0 Å². The van der Waals surface area contributed by atoms with E-state index in [2.05, 4.69) is 88.3 Å². The van der Waals surface area contributed by atoms with Gasteiger partial charge in [0.15, 0.2) is 0 Å². The van der Waals surface area contributed by atoms with Crippen LogP contribution < -0.4 is 0 Å². The Labute approximate surface area is 206 Å².